The van der Waals surface area contributed by atoms with Gasteiger partial charge in [-0.05, 0) is 18.2 Å². The van der Waals surface area contributed by atoms with E-state index in [0.717, 1.165) is 22.3 Å². The van der Waals surface area contributed by atoms with Crippen molar-refractivity contribution in [1.29, 1.82) is 5.41 Å². The number of ether oxygens (including phenoxy) is 1. The van der Waals surface area contributed by atoms with Crippen LogP contribution in [0.2, 0.25) is 5.02 Å². The predicted molar refractivity (Wildman–Crippen MR) is 76.8 cm³/mol. The first kappa shape index (κ1) is 17.0. The lowest BCUT2D eigenvalue weighted by molar-refractivity contribution is -0.141. The molecule has 0 aliphatic carbocycles. The van der Waals surface area contributed by atoms with Crippen LogP contribution >= 0.6 is 35.6 Å². The average Bonchev–Trinajstić information content (AvgIpc) is 2.89. The largest absolute Gasteiger partial charge is 0.464 e. The topological polar surface area (TPSA) is 65.9 Å². The summed E-state index contributed by atoms with van der Waals surface area (Å²) >= 11 is 10.9. The van der Waals surface area contributed by atoms with Gasteiger partial charge in [-0.1, -0.05) is 11.6 Å². The highest BCUT2D eigenvalue weighted by Crippen LogP contribution is 2.21. The molecular weight excluding hydrogens is 298 g/mol. The fourth-order valence-corrected chi connectivity index (χ4v) is 1.45. The Balaban J connectivity index is 0.000000304. The molecule has 2 rings (SSSR count). The number of aromatic nitrogens is 1. The molecule has 100 valence electrons. The van der Waals surface area contributed by atoms with Crippen LogP contribution in [0, 0.1) is 5.41 Å². The van der Waals surface area contributed by atoms with Crippen LogP contribution in [0.25, 0.3) is 11.0 Å². The van der Waals surface area contributed by atoms with E-state index in [4.69, 9.17) is 28.6 Å². The molecule has 2 bridgehead atoms. The van der Waals surface area contributed by atoms with Gasteiger partial charge in [-0.15, -0.1) is 24.0 Å². The molecule has 4 nitrogen and oxygen atoms in total. The Labute approximate surface area is 121 Å². The number of hydrogen-bond donors (Lipinski definition) is 2. The number of fused-ring (bicyclic) bond motifs is 2. The molecule has 0 atom stereocenters. The van der Waals surface area contributed by atoms with Crippen molar-refractivity contribution in [3.05, 3.63) is 23.2 Å². The highest BCUT2D eigenvalue weighted by atomic mass is 35.5. The second-order valence-electron chi connectivity index (χ2n) is 3.14. The molecule has 2 aromatic rings. The van der Waals surface area contributed by atoms with Gasteiger partial charge in [-0.25, -0.2) is 0 Å². The van der Waals surface area contributed by atoms with Crippen molar-refractivity contribution >= 4 is 58.8 Å². The van der Waals surface area contributed by atoms with Gasteiger partial charge in [0.1, 0.15) is 6.61 Å². The molecule has 0 fully saturated rings. The number of aromatic amines is 1. The van der Waals surface area contributed by atoms with E-state index in [9.17, 15) is 4.79 Å². The number of rotatable bonds is 4. The first-order valence-corrected chi connectivity index (χ1v) is 5.85. The number of carbonyl (C=O) groups is 1. The number of benzene rings is 1. The Bertz CT molecular complexity index is 473. The normalized spacial score (nSPS) is 9.22. The van der Waals surface area contributed by atoms with Gasteiger partial charge in [0.2, 0.25) is 0 Å². The van der Waals surface area contributed by atoms with Gasteiger partial charge in [0.25, 0.3) is 0 Å². The summed E-state index contributed by atoms with van der Waals surface area (Å²) in [6.07, 6.45) is 1.04. The maximum Gasteiger partial charge on any atom is 0.311 e. The minimum Gasteiger partial charge on any atom is -0.464 e. The predicted octanol–water partition coefficient (Wildman–Crippen LogP) is 3.49. The van der Waals surface area contributed by atoms with Crippen molar-refractivity contribution in [3.63, 3.8) is 0 Å². The molecule has 0 spiro atoms. The summed E-state index contributed by atoms with van der Waals surface area (Å²) in [6, 6.07) is 5.88. The molecule has 2 aromatic heterocycles. The minimum atomic E-state index is -0.398. The van der Waals surface area contributed by atoms with Crippen molar-refractivity contribution in [2.45, 2.75) is 6.42 Å². The maximum atomic E-state index is 10.4. The molecule has 0 amide bonds. The first-order chi connectivity index (χ1) is 8.17. The molecule has 0 radical (unpaired) electrons. The second kappa shape index (κ2) is 9.03. The molecule has 0 aromatic carbocycles. The number of alkyl halides is 1. The Morgan fingerprint density at radius 3 is 2.56 bits per heavy atom. The van der Waals surface area contributed by atoms with E-state index >= 15 is 0 Å². The highest BCUT2D eigenvalue weighted by molar-refractivity contribution is 6.34. The number of hydrogen-bond acceptors (Lipinski definition) is 3. The second-order valence-corrected chi connectivity index (χ2v) is 3.92. The van der Waals surface area contributed by atoms with Gasteiger partial charge in [0.05, 0.1) is 22.8 Å². The van der Waals surface area contributed by atoms with Crippen LogP contribution in [-0.4, -0.2) is 29.7 Å². The smallest absolute Gasteiger partial charge is 0.311 e. The molecular formula is C11H13Cl3N2O2. The zero-order valence-corrected chi connectivity index (χ0v) is 11.7. The van der Waals surface area contributed by atoms with E-state index < -0.39 is 5.97 Å². The molecule has 2 heterocycles. The van der Waals surface area contributed by atoms with Crippen LogP contribution in [-0.2, 0) is 9.53 Å². The fourth-order valence-electron chi connectivity index (χ4n) is 1.14. The summed E-state index contributed by atoms with van der Waals surface area (Å²) in [5, 5.41) is 7.33. The average molecular weight is 312 g/mol. The standard InChI is InChI=1S/C6H4ClN.C5H8ClNO2.ClH/c7-5-3-4-1-2-6(5)8-4;6-2-4-9-5(8)1-3-7;/h1-3,8H;3,7H,1-2,4H2;1H. The molecule has 7 heteroatoms. The summed E-state index contributed by atoms with van der Waals surface area (Å²) in [6.45, 7) is 0.230. The lowest BCUT2D eigenvalue weighted by Gasteiger charge is -1.96. The molecule has 18 heavy (non-hydrogen) atoms. The Kier molecular flexibility index (Phi) is 8.54. The van der Waals surface area contributed by atoms with Crippen LogP contribution < -0.4 is 0 Å². The summed E-state index contributed by atoms with van der Waals surface area (Å²) in [5.74, 6) is -0.0883. The van der Waals surface area contributed by atoms with Crippen LogP contribution in [0.5, 0.6) is 0 Å². The maximum absolute atomic E-state index is 10.4. The van der Waals surface area contributed by atoms with Gasteiger partial charge in [-0.2, -0.15) is 0 Å². The SMILES string of the molecule is Cl.Clc1cc2ccc1[nH]2.N=CCC(=O)OCCCl. The van der Waals surface area contributed by atoms with Crippen molar-refractivity contribution in [2.75, 3.05) is 12.5 Å². The fraction of sp³-hybridized carbons (Fsp3) is 0.273. The van der Waals surface area contributed by atoms with Crippen molar-refractivity contribution in [3.8, 4) is 0 Å². The third-order valence-electron chi connectivity index (χ3n) is 1.86. The van der Waals surface area contributed by atoms with E-state index in [-0.39, 0.29) is 25.4 Å². The summed E-state index contributed by atoms with van der Waals surface area (Å²) in [5.41, 5.74) is 2.13. The van der Waals surface area contributed by atoms with Gasteiger partial charge in [0.15, 0.2) is 0 Å². The summed E-state index contributed by atoms with van der Waals surface area (Å²) in [7, 11) is 0. The molecule has 0 saturated carbocycles. The monoisotopic (exact) mass is 310 g/mol. The molecule has 0 saturated heterocycles. The van der Waals surface area contributed by atoms with Crippen LogP contribution in [0.4, 0.5) is 0 Å². The zero-order valence-electron chi connectivity index (χ0n) is 9.41. The van der Waals surface area contributed by atoms with Gasteiger partial charge >= 0.3 is 5.97 Å². The van der Waals surface area contributed by atoms with Crippen molar-refractivity contribution in [2.24, 2.45) is 0 Å². The van der Waals surface area contributed by atoms with Gasteiger partial charge in [-0.3, -0.25) is 4.79 Å². The number of carbonyl (C=O) groups excluding carboxylic acids is 1. The quantitative estimate of drug-likeness (QED) is 0.515. The first-order valence-electron chi connectivity index (χ1n) is 4.94. The van der Waals surface area contributed by atoms with E-state index in [2.05, 4.69) is 9.72 Å². The third kappa shape index (κ3) is 5.58. The van der Waals surface area contributed by atoms with E-state index in [1.165, 1.54) is 0 Å². The van der Waals surface area contributed by atoms with Crippen molar-refractivity contribution in [1.82, 2.24) is 4.98 Å². The van der Waals surface area contributed by atoms with E-state index in [0.29, 0.717) is 5.88 Å². The zero-order chi connectivity index (χ0) is 12.7. The molecule has 0 unspecified atom stereocenters. The van der Waals surface area contributed by atoms with Crippen LogP contribution in [0.1, 0.15) is 6.42 Å². The summed E-state index contributed by atoms with van der Waals surface area (Å²) in [4.78, 5) is 13.4. The highest BCUT2D eigenvalue weighted by Gasteiger charge is 1.98. The van der Waals surface area contributed by atoms with Gasteiger partial charge in [0, 0.05) is 11.7 Å². The Hall–Kier alpha value is -0.970. The summed E-state index contributed by atoms with van der Waals surface area (Å²) < 4.78 is 4.51. The minimum absolute atomic E-state index is 0. The number of halogens is 3. The van der Waals surface area contributed by atoms with Crippen LogP contribution in [0.15, 0.2) is 18.2 Å². The number of esters is 1. The Morgan fingerprint density at radius 1 is 1.50 bits per heavy atom. The number of H-pyrrole nitrogens is 1. The van der Waals surface area contributed by atoms with Crippen LogP contribution in [0.3, 0.4) is 0 Å². The molecule has 0 aliphatic heterocycles. The van der Waals surface area contributed by atoms with E-state index in [1.54, 1.807) is 0 Å². The van der Waals surface area contributed by atoms with E-state index in [1.807, 2.05) is 18.2 Å². The lowest BCUT2D eigenvalue weighted by atomic mass is 10.4. The third-order valence-corrected chi connectivity index (χ3v) is 2.32. The lowest BCUT2D eigenvalue weighted by Crippen LogP contribution is -2.06. The Morgan fingerprint density at radius 2 is 2.22 bits per heavy atom. The van der Waals surface area contributed by atoms with Gasteiger partial charge < -0.3 is 15.1 Å². The molecule has 0 aliphatic rings. The number of nitrogens with one attached hydrogen (secondary N) is 2. The van der Waals surface area contributed by atoms with Crippen molar-refractivity contribution < 1.29 is 9.53 Å². The molecule has 2 N–H and O–H groups in total.